The number of anilines is 1. The summed E-state index contributed by atoms with van der Waals surface area (Å²) in [6, 6.07) is 4.09. The number of hydrogen-bond donors (Lipinski definition) is 2. The molecule has 0 spiro atoms. The molecule has 0 heterocycles. The van der Waals surface area contributed by atoms with E-state index in [9.17, 15) is 14.9 Å². The molecule has 0 saturated carbocycles. The zero-order valence-corrected chi connectivity index (χ0v) is 9.85. The second-order valence-corrected chi connectivity index (χ2v) is 3.57. The van der Waals surface area contributed by atoms with Crippen LogP contribution in [0.4, 0.5) is 11.4 Å². The molecule has 0 atom stereocenters. The van der Waals surface area contributed by atoms with Crippen molar-refractivity contribution in [2.75, 3.05) is 26.5 Å². The van der Waals surface area contributed by atoms with Crippen molar-refractivity contribution in [2.45, 2.75) is 0 Å². The summed E-state index contributed by atoms with van der Waals surface area (Å²) in [6.07, 6.45) is 0. The molecule has 0 fully saturated rings. The first-order valence-electron chi connectivity index (χ1n) is 4.90. The second kappa shape index (κ2) is 5.26. The minimum atomic E-state index is -0.536. The van der Waals surface area contributed by atoms with Crippen LogP contribution in [0, 0.1) is 10.1 Å². The van der Waals surface area contributed by atoms with Crippen LogP contribution in [0.15, 0.2) is 18.2 Å². The third kappa shape index (κ3) is 3.15. The van der Waals surface area contributed by atoms with Gasteiger partial charge in [0.15, 0.2) is 0 Å². The summed E-state index contributed by atoms with van der Waals surface area (Å²) in [5, 5.41) is 14.9. The molecular weight excluding hydrogens is 224 g/mol. The van der Waals surface area contributed by atoms with Gasteiger partial charge in [-0.1, -0.05) is 0 Å². The molecule has 0 aliphatic carbocycles. The Morgan fingerprint density at radius 2 is 2.06 bits per heavy atom. The van der Waals surface area contributed by atoms with E-state index in [1.165, 1.54) is 23.2 Å². The molecule has 7 heteroatoms. The summed E-state index contributed by atoms with van der Waals surface area (Å²) in [5.74, 6) is -0.400. The number of hydrogen-bond acceptors (Lipinski definition) is 5. The molecule has 0 radical (unpaired) electrons. The van der Waals surface area contributed by atoms with Gasteiger partial charge in [-0.3, -0.25) is 20.3 Å². The van der Waals surface area contributed by atoms with Crippen molar-refractivity contribution in [3.63, 3.8) is 0 Å². The Kier molecular flexibility index (Phi) is 4.00. The highest BCUT2D eigenvalue weighted by Gasteiger charge is 2.16. The third-order valence-corrected chi connectivity index (χ3v) is 2.05. The fourth-order valence-electron chi connectivity index (χ4n) is 1.31. The average Bonchev–Trinajstić information content (AvgIpc) is 2.27. The number of carbonyl (C=O) groups excluding carboxylic acids is 1. The van der Waals surface area contributed by atoms with Crippen LogP contribution in [-0.2, 0) is 0 Å². The van der Waals surface area contributed by atoms with E-state index in [0.717, 1.165) is 0 Å². The van der Waals surface area contributed by atoms with Gasteiger partial charge in [0, 0.05) is 39.0 Å². The fourth-order valence-corrected chi connectivity index (χ4v) is 1.31. The quantitative estimate of drug-likeness (QED) is 0.599. The van der Waals surface area contributed by atoms with Crippen molar-refractivity contribution in [3.05, 3.63) is 33.9 Å². The van der Waals surface area contributed by atoms with Gasteiger partial charge in [0.25, 0.3) is 11.6 Å². The Morgan fingerprint density at radius 3 is 2.53 bits per heavy atom. The number of non-ortho nitro benzene ring substituents is 1. The number of nitrogens with one attached hydrogen (secondary N) is 2. The number of benzene rings is 1. The number of nitrogens with zero attached hydrogens (tertiary/aromatic N) is 2. The number of hydrazine groups is 1. The van der Waals surface area contributed by atoms with Crippen LogP contribution < -0.4 is 10.7 Å². The van der Waals surface area contributed by atoms with Crippen LogP contribution in [0.25, 0.3) is 0 Å². The third-order valence-electron chi connectivity index (χ3n) is 2.05. The predicted octanol–water partition coefficient (Wildman–Crippen LogP) is 0.843. The van der Waals surface area contributed by atoms with Crippen LogP contribution in [-0.4, -0.2) is 37.0 Å². The Morgan fingerprint density at radius 1 is 1.41 bits per heavy atom. The molecule has 7 nitrogen and oxygen atoms in total. The molecule has 0 aromatic heterocycles. The largest absolute Gasteiger partial charge is 0.387 e. The van der Waals surface area contributed by atoms with Gasteiger partial charge >= 0.3 is 0 Å². The molecule has 2 N–H and O–H groups in total. The molecule has 1 rings (SSSR count). The molecule has 0 bridgehead atoms. The summed E-state index contributed by atoms with van der Waals surface area (Å²) in [4.78, 5) is 21.9. The first-order valence-corrected chi connectivity index (χ1v) is 4.90. The molecular formula is C10H14N4O3. The molecule has 1 aromatic carbocycles. The molecule has 0 aliphatic heterocycles. The molecule has 0 aliphatic rings. The van der Waals surface area contributed by atoms with Crippen molar-refractivity contribution in [2.24, 2.45) is 0 Å². The smallest absolute Gasteiger partial charge is 0.270 e. The number of nitro groups is 1. The summed E-state index contributed by atoms with van der Waals surface area (Å²) >= 11 is 0. The van der Waals surface area contributed by atoms with Crippen molar-refractivity contribution in [1.82, 2.24) is 10.4 Å². The van der Waals surface area contributed by atoms with Crippen molar-refractivity contribution < 1.29 is 9.72 Å². The lowest BCUT2D eigenvalue weighted by atomic mass is 10.1. The van der Waals surface area contributed by atoms with Gasteiger partial charge < -0.3 is 5.32 Å². The molecule has 1 amide bonds. The van der Waals surface area contributed by atoms with Crippen molar-refractivity contribution >= 4 is 17.3 Å². The van der Waals surface area contributed by atoms with Gasteiger partial charge in [-0.25, -0.2) is 5.01 Å². The second-order valence-electron chi connectivity index (χ2n) is 3.57. The molecule has 0 saturated heterocycles. The topological polar surface area (TPSA) is 87.5 Å². The minimum Gasteiger partial charge on any atom is -0.387 e. The zero-order valence-electron chi connectivity index (χ0n) is 9.85. The highest BCUT2D eigenvalue weighted by atomic mass is 16.6. The summed E-state index contributed by atoms with van der Waals surface area (Å²) < 4.78 is 0. The van der Waals surface area contributed by atoms with Gasteiger partial charge in [0.2, 0.25) is 0 Å². The van der Waals surface area contributed by atoms with Gasteiger partial charge in [-0.2, -0.15) is 0 Å². The van der Waals surface area contributed by atoms with Crippen molar-refractivity contribution in [1.29, 1.82) is 0 Å². The Labute approximate surface area is 98.5 Å². The van der Waals surface area contributed by atoms with Gasteiger partial charge in [0.1, 0.15) is 0 Å². The molecule has 1 aromatic rings. The average molecular weight is 238 g/mol. The monoisotopic (exact) mass is 238 g/mol. The molecule has 92 valence electrons. The lowest BCUT2D eigenvalue weighted by Gasteiger charge is -2.14. The van der Waals surface area contributed by atoms with Gasteiger partial charge in [-0.15, -0.1) is 0 Å². The fraction of sp³-hybridized carbons (Fsp3) is 0.300. The van der Waals surface area contributed by atoms with E-state index in [0.29, 0.717) is 5.69 Å². The Hall–Kier alpha value is -2.15. The maximum absolute atomic E-state index is 11.8. The zero-order chi connectivity index (χ0) is 13.0. The molecule has 0 unspecified atom stereocenters. The Bertz CT molecular complexity index is 445. The van der Waals surface area contributed by atoms with Crippen LogP contribution in [0.3, 0.4) is 0 Å². The number of carbonyl (C=O) groups is 1. The van der Waals surface area contributed by atoms with Crippen LogP contribution in [0.1, 0.15) is 10.4 Å². The normalized spacial score (nSPS) is 10.1. The van der Waals surface area contributed by atoms with E-state index in [1.807, 2.05) is 0 Å². The summed E-state index contributed by atoms with van der Waals surface area (Å²) in [5.41, 5.74) is 3.18. The van der Waals surface area contributed by atoms with Crippen molar-refractivity contribution in [3.8, 4) is 0 Å². The van der Waals surface area contributed by atoms with Crippen LogP contribution >= 0.6 is 0 Å². The SMILES string of the molecule is CNc1ccc([N+](=O)[O-])cc1C(=O)NN(C)C. The highest BCUT2D eigenvalue weighted by molar-refractivity contribution is 6.00. The van der Waals surface area contributed by atoms with E-state index in [-0.39, 0.29) is 11.3 Å². The number of amides is 1. The standard InChI is InChI=1S/C10H14N4O3/c1-11-9-5-4-7(14(16)17)6-8(9)10(15)12-13(2)3/h4-6,11H,1-3H3,(H,12,15). The van der Waals surface area contributed by atoms with Crippen LogP contribution in [0.2, 0.25) is 0 Å². The van der Waals surface area contributed by atoms with E-state index >= 15 is 0 Å². The van der Waals surface area contributed by atoms with Gasteiger partial charge in [0.05, 0.1) is 10.5 Å². The van der Waals surface area contributed by atoms with Gasteiger partial charge in [-0.05, 0) is 6.07 Å². The maximum Gasteiger partial charge on any atom is 0.270 e. The van der Waals surface area contributed by atoms with E-state index in [1.54, 1.807) is 21.1 Å². The minimum absolute atomic E-state index is 0.118. The first kappa shape index (κ1) is 12.9. The number of rotatable bonds is 4. The van der Waals surface area contributed by atoms with E-state index in [4.69, 9.17) is 0 Å². The lowest BCUT2D eigenvalue weighted by molar-refractivity contribution is -0.384. The highest BCUT2D eigenvalue weighted by Crippen LogP contribution is 2.21. The van der Waals surface area contributed by atoms with E-state index in [2.05, 4.69) is 10.7 Å². The molecule has 17 heavy (non-hydrogen) atoms. The summed E-state index contributed by atoms with van der Waals surface area (Å²) in [7, 11) is 4.97. The Balaban J connectivity index is 3.14. The maximum atomic E-state index is 11.8. The number of nitro benzene ring substituents is 1. The van der Waals surface area contributed by atoms with E-state index < -0.39 is 10.8 Å². The predicted molar refractivity (Wildman–Crippen MR) is 63.8 cm³/mol. The summed E-state index contributed by atoms with van der Waals surface area (Å²) in [6.45, 7) is 0. The van der Waals surface area contributed by atoms with Crippen LogP contribution in [0.5, 0.6) is 0 Å². The lowest BCUT2D eigenvalue weighted by Crippen LogP contribution is -2.36. The first-order chi connectivity index (χ1) is 7.95.